The van der Waals surface area contributed by atoms with E-state index in [9.17, 15) is 4.79 Å². The van der Waals surface area contributed by atoms with Crippen LogP contribution in [0.2, 0.25) is 0 Å². The van der Waals surface area contributed by atoms with E-state index in [1.807, 2.05) is 0 Å². The van der Waals surface area contributed by atoms with Gasteiger partial charge in [-0.1, -0.05) is 54.4 Å². The first kappa shape index (κ1) is 17.5. The molecule has 18 heavy (non-hydrogen) atoms. The molecule has 0 heterocycles. The zero-order chi connectivity index (χ0) is 14.6. The Bertz CT molecular complexity index is 277. The van der Waals surface area contributed by atoms with E-state index in [4.69, 9.17) is 4.74 Å². The van der Waals surface area contributed by atoms with Gasteiger partial charge >= 0.3 is 5.97 Å². The maximum absolute atomic E-state index is 12.3. The molecule has 0 rings (SSSR count). The van der Waals surface area contributed by atoms with Gasteiger partial charge in [0, 0.05) is 0 Å². The van der Waals surface area contributed by atoms with Gasteiger partial charge < -0.3 is 4.74 Å². The normalized spacial score (nSPS) is 16.2. The molecule has 0 N–H and O–H groups in total. The molecule has 0 amide bonds. The monoisotopic (exact) mass is 256 g/mol. The van der Waals surface area contributed by atoms with E-state index in [2.05, 4.69) is 48.5 Å². The molecule has 2 nitrogen and oxygen atoms in total. The Morgan fingerprint density at radius 1 is 0.944 bits per heavy atom. The molecule has 0 aromatic rings. The van der Waals surface area contributed by atoms with Crippen LogP contribution in [0.1, 0.15) is 74.1 Å². The number of esters is 1. The van der Waals surface area contributed by atoms with Crippen LogP contribution in [0, 0.1) is 16.2 Å². The fourth-order valence-electron chi connectivity index (χ4n) is 2.56. The Morgan fingerprint density at radius 3 is 1.67 bits per heavy atom. The van der Waals surface area contributed by atoms with Crippen molar-refractivity contribution in [3.63, 3.8) is 0 Å². The van der Waals surface area contributed by atoms with Gasteiger partial charge in [-0.15, -0.1) is 0 Å². The maximum atomic E-state index is 12.3. The molecule has 0 radical (unpaired) electrons. The highest BCUT2D eigenvalue weighted by atomic mass is 16.5. The molecule has 1 unspecified atom stereocenters. The summed E-state index contributed by atoms with van der Waals surface area (Å²) in [6, 6.07) is 0. The van der Waals surface area contributed by atoms with Crippen molar-refractivity contribution in [1.29, 1.82) is 0 Å². The molecule has 0 saturated heterocycles. The lowest BCUT2D eigenvalue weighted by Crippen LogP contribution is -2.46. The summed E-state index contributed by atoms with van der Waals surface area (Å²) in [5, 5.41) is 0. The summed E-state index contributed by atoms with van der Waals surface area (Å²) in [5.41, 5.74) is -0.266. The fraction of sp³-hybridized carbons (Fsp3) is 0.938. The molecule has 0 aliphatic rings. The second kappa shape index (κ2) is 6.08. The van der Waals surface area contributed by atoms with Gasteiger partial charge in [0.1, 0.15) is 0 Å². The predicted molar refractivity (Wildman–Crippen MR) is 77.5 cm³/mol. The number of rotatable bonds is 7. The first-order valence-electron chi connectivity index (χ1n) is 7.21. The van der Waals surface area contributed by atoms with Crippen molar-refractivity contribution in [3.8, 4) is 0 Å². The van der Waals surface area contributed by atoms with Crippen LogP contribution in [0.15, 0.2) is 0 Å². The van der Waals surface area contributed by atoms with Gasteiger partial charge in [-0.3, -0.25) is 4.79 Å². The minimum atomic E-state index is -0.419. The molecule has 0 aliphatic carbocycles. The summed E-state index contributed by atoms with van der Waals surface area (Å²) in [6.45, 7) is 15.3. The van der Waals surface area contributed by atoms with Gasteiger partial charge in [-0.05, 0) is 30.6 Å². The van der Waals surface area contributed by atoms with Crippen LogP contribution in [-0.4, -0.2) is 13.1 Å². The lowest BCUT2D eigenvalue weighted by molar-refractivity contribution is -0.163. The van der Waals surface area contributed by atoms with Crippen LogP contribution in [-0.2, 0) is 9.53 Å². The first-order chi connectivity index (χ1) is 8.12. The fourth-order valence-corrected chi connectivity index (χ4v) is 2.56. The number of ether oxygens (including phenoxy) is 1. The van der Waals surface area contributed by atoms with Gasteiger partial charge in [0.25, 0.3) is 0 Å². The molecule has 0 spiro atoms. The van der Waals surface area contributed by atoms with Gasteiger partial charge in [-0.2, -0.15) is 0 Å². The first-order valence-corrected chi connectivity index (χ1v) is 7.21. The van der Waals surface area contributed by atoms with Crippen molar-refractivity contribution in [2.24, 2.45) is 16.2 Å². The highest BCUT2D eigenvalue weighted by Crippen LogP contribution is 2.51. The SMILES string of the molecule is CCC(C)(CC)CC(C)(C(=O)OC)C(C)(C)CC. The quantitative estimate of drug-likeness (QED) is 0.610. The summed E-state index contributed by atoms with van der Waals surface area (Å²) in [5.74, 6) is -0.0672. The Balaban J connectivity index is 5.45. The molecule has 0 saturated carbocycles. The molecule has 0 bridgehead atoms. The smallest absolute Gasteiger partial charge is 0.312 e. The lowest BCUT2D eigenvalue weighted by Gasteiger charge is -2.46. The minimum Gasteiger partial charge on any atom is -0.469 e. The molecular formula is C16H32O2. The third-order valence-corrected chi connectivity index (χ3v) is 5.50. The molecule has 2 heteroatoms. The van der Waals surface area contributed by atoms with E-state index in [0.717, 1.165) is 25.7 Å². The van der Waals surface area contributed by atoms with Crippen molar-refractivity contribution >= 4 is 5.97 Å². The summed E-state index contributed by atoms with van der Waals surface area (Å²) in [4.78, 5) is 12.3. The van der Waals surface area contributed by atoms with Crippen LogP contribution in [0.4, 0.5) is 0 Å². The predicted octanol–water partition coefficient (Wildman–Crippen LogP) is 4.82. The van der Waals surface area contributed by atoms with Gasteiger partial charge in [-0.25, -0.2) is 0 Å². The van der Waals surface area contributed by atoms with Gasteiger partial charge in [0.15, 0.2) is 0 Å². The van der Waals surface area contributed by atoms with Gasteiger partial charge in [0.05, 0.1) is 12.5 Å². The largest absolute Gasteiger partial charge is 0.469 e. The molecule has 0 aliphatic heterocycles. The Morgan fingerprint density at radius 2 is 1.39 bits per heavy atom. The van der Waals surface area contributed by atoms with Crippen molar-refractivity contribution in [2.45, 2.75) is 74.1 Å². The molecule has 0 aromatic carbocycles. The molecule has 0 aromatic heterocycles. The van der Waals surface area contributed by atoms with Crippen LogP contribution in [0.3, 0.4) is 0 Å². The van der Waals surface area contributed by atoms with Crippen LogP contribution >= 0.6 is 0 Å². The molecule has 1 atom stereocenters. The summed E-state index contributed by atoms with van der Waals surface area (Å²) >= 11 is 0. The average Bonchev–Trinajstić information content (AvgIpc) is 2.36. The summed E-state index contributed by atoms with van der Waals surface area (Å²) in [7, 11) is 1.50. The van der Waals surface area contributed by atoms with Crippen molar-refractivity contribution in [1.82, 2.24) is 0 Å². The third-order valence-electron chi connectivity index (χ3n) is 5.50. The highest BCUT2D eigenvalue weighted by molar-refractivity contribution is 5.77. The van der Waals surface area contributed by atoms with E-state index in [0.29, 0.717) is 0 Å². The molecule has 0 fully saturated rings. The van der Waals surface area contributed by atoms with E-state index >= 15 is 0 Å². The number of hydrogen-bond donors (Lipinski definition) is 0. The average molecular weight is 256 g/mol. The van der Waals surface area contributed by atoms with Crippen molar-refractivity contribution in [2.75, 3.05) is 7.11 Å². The summed E-state index contributed by atoms with van der Waals surface area (Å²) < 4.78 is 5.10. The second-order valence-corrected chi connectivity index (χ2v) is 6.76. The van der Waals surface area contributed by atoms with Crippen LogP contribution in [0.5, 0.6) is 0 Å². The lowest BCUT2D eigenvalue weighted by atomic mass is 9.58. The Labute approximate surface area is 113 Å². The third kappa shape index (κ3) is 3.27. The second-order valence-electron chi connectivity index (χ2n) is 6.76. The van der Waals surface area contributed by atoms with Crippen molar-refractivity contribution in [3.05, 3.63) is 0 Å². The Hall–Kier alpha value is -0.530. The van der Waals surface area contributed by atoms with Crippen molar-refractivity contribution < 1.29 is 9.53 Å². The summed E-state index contributed by atoms with van der Waals surface area (Å²) in [6.07, 6.45) is 4.05. The minimum absolute atomic E-state index is 0.0499. The van der Waals surface area contributed by atoms with E-state index in [1.165, 1.54) is 7.11 Å². The number of methoxy groups -OCH3 is 1. The number of hydrogen-bond acceptors (Lipinski definition) is 2. The maximum Gasteiger partial charge on any atom is 0.312 e. The zero-order valence-corrected chi connectivity index (χ0v) is 13.6. The van der Waals surface area contributed by atoms with Gasteiger partial charge in [0.2, 0.25) is 0 Å². The van der Waals surface area contributed by atoms with E-state index in [-0.39, 0.29) is 16.8 Å². The molecular weight excluding hydrogens is 224 g/mol. The standard InChI is InChI=1S/C16H32O2/c1-9-14(4,5)16(7,13(17)18-8)12-15(6,10-2)11-3/h9-12H2,1-8H3. The number of carbonyl (C=O) groups excluding carboxylic acids is 1. The van der Waals surface area contributed by atoms with E-state index < -0.39 is 5.41 Å². The number of carbonyl (C=O) groups is 1. The van der Waals surface area contributed by atoms with E-state index in [1.54, 1.807) is 0 Å². The van der Waals surface area contributed by atoms with Crippen LogP contribution < -0.4 is 0 Å². The molecule has 108 valence electrons. The topological polar surface area (TPSA) is 26.3 Å². The zero-order valence-electron chi connectivity index (χ0n) is 13.6. The highest BCUT2D eigenvalue weighted by Gasteiger charge is 2.49. The Kier molecular flexibility index (Phi) is 5.90. The van der Waals surface area contributed by atoms with Crippen LogP contribution in [0.25, 0.3) is 0 Å².